The number of aromatic amines is 1. The Bertz CT molecular complexity index is 1440. The molecule has 7 heteroatoms. The van der Waals surface area contributed by atoms with Crippen LogP contribution in [0.2, 0.25) is 15.1 Å². The molecule has 0 aliphatic carbocycles. The lowest BCUT2D eigenvalue weighted by Gasteiger charge is -2.31. The number of ether oxygens (including phenoxy) is 1. The van der Waals surface area contributed by atoms with Crippen LogP contribution < -0.4 is 4.74 Å². The molecule has 0 spiro atoms. The van der Waals surface area contributed by atoms with Crippen molar-refractivity contribution in [3.8, 4) is 40.2 Å². The van der Waals surface area contributed by atoms with Crippen molar-refractivity contribution >= 4 is 34.8 Å². The van der Waals surface area contributed by atoms with Crippen LogP contribution in [0.1, 0.15) is 30.7 Å². The number of benzene rings is 3. The van der Waals surface area contributed by atoms with Crippen molar-refractivity contribution in [1.29, 1.82) is 0 Å². The van der Waals surface area contributed by atoms with Gasteiger partial charge in [-0.05, 0) is 62.4 Å². The Hall–Kier alpha value is -2.97. The van der Waals surface area contributed by atoms with Crippen molar-refractivity contribution in [2.75, 3.05) is 0 Å². The third-order valence-electron chi connectivity index (χ3n) is 5.30. The first kappa shape index (κ1) is 21.9. The summed E-state index contributed by atoms with van der Waals surface area (Å²) in [5.74, 6) is 6.76. The van der Waals surface area contributed by atoms with E-state index in [1.165, 1.54) is 6.07 Å². The van der Waals surface area contributed by atoms with Gasteiger partial charge in [-0.25, -0.2) is 9.37 Å². The summed E-state index contributed by atoms with van der Waals surface area (Å²) < 4.78 is 20.8. The first-order valence-corrected chi connectivity index (χ1v) is 11.2. The van der Waals surface area contributed by atoms with E-state index in [2.05, 4.69) is 21.8 Å². The molecule has 164 valence electrons. The second-order valence-corrected chi connectivity index (χ2v) is 9.42. The normalized spacial score (nSPS) is 13.4. The fraction of sp³-hybridized carbons (Fsp3) is 0.115. The number of rotatable bonds is 1. The van der Waals surface area contributed by atoms with Gasteiger partial charge in [0, 0.05) is 26.7 Å². The standard InChI is InChI=1S/C26H16Cl3FN2O/c1-26(2)24-23(31-25(32-24)22-19(29)4-3-5-20(22)30)18-9-8-14(12-21(18)33-26)6-7-15-10-16(27)13-17(28)11-15/h3-5,8-13H,1-2H3,(H,31,32). The lowest BCUT2D eigenvalue weighted by Crippen LogP contribution is -2.29. The minimum absolute atomic E-state index is 0.230. The summed E-state index contributed by atoms with van der Waals surface area (Å²) in [6.45, 7) is 3.82. The second-order valence-electron chi connectivity index (χ2n) is 8.14. The molecule has 5 rings (SSSR count). The molecule has 0 saturated carbocycles. The van der Waals surface area contributed by atoms with Crippen LogP contribution in [0.3, 0.4) is 0 Å². The summed E-state index contributed by atoms with van der Waals surface area (Å²) in [6.07, 6.45) is 0. The predicted octanol–water partition coefficient (Wildman–Crippen LogP) is 7.87. The van der Waals surface area contributed by atoms with Gasteiger partial charge in [0.2, 0.25) is 0 Å². The first-order valence-electron chi connectivity index (χ1n) is 10.1. The van der Waals surface area contributed by atoms with Gasteiger partial charge in [0.15, 0.2) is 0 Å². The van der Waals surface area contributed by atoms with E-state index < -0.39 is 11.4 Å². The van der Waals surface area contributed by atoms with Crippen molar-refractivity contribution in [3.05, 3.63) is 92.3 Å². The number of aromatic nitrogens is 2. The zero-order valence-electron chi connectivity index (χ0n) is 17.6. The Morgan fingerprint density at radius 1 is 0.939 bits per heavy atom. The van der Waals surface area contributed by atoms with E-state index in [4.69, 9.17) is 39.5 Å². The number of imidazole rings is 1. The number of hydrogen-bond donors (Lipinski definition) is 1. The quantitative estimate of drug-likeness (QED) is 0.272. The predicted molar refractivity (Wildman–Crippen MR) is 131 cm³/mol. The number of hydrogen-bond acceptors (Lipinski definition) is 2. The van der Waals surface area contributed by atoms with Gasteiger partial charge < -0.3 is 9.72 Å². The molecule has 1 aliphatic rings. The monoisotopic (exact) mass is 496 g/mol. The Balaban J connectivity index is 1.58. The largest absolute Gasteiger partial charge is 0.481 e. The maximum atomic E-state index is 14.5. The van der Waals surface area contributed by atoms with E-state index in [-0.39, 0.29) is 10.6 Å². The number of nitrogens with zero attached hydrogens (tertiary/aromatic N) is 1. The molecule has 0 atom stereocenters. The van der Waals surface area contributed by atoms with Crippen LogP contribution in [0.15, 0.2) is 54.6 Å². The summed E-state index contributed by atoms with van der Waals surface area (Å²) in [4.78, 5) is 7.90. The molecule has 2 heterocycles. The van der Waals surface area contributed by atoms with Crippen LogP contribution in [0, 0.1) is 17.7 Å². The van der Waals surface area contributed by atoms with Crippen molar-refractivity contribution in [3.63, 3.8) is 0 Å². The first-order chi connectivity index (χ1) is 15.7. The number of nitrogens with one attached hydrogen (secondary N) is 1. The lowest BCUT2D eigenvalue weighted by molar-refractivity contribution is 0.101. The summed E-state index contributed by atoms with van der Waals surface area (Å²) in [6, 6.07) is 15.4. The molecule has 0 amide bonds. The average molecular weight is 498 g/mol. The topological polar surface area (TPSA) is 37.9 Å². The Morgan fingerprint density at radius 3 is 2.39 bits per heavy atom. The van der Waals surface area contributed by atoms with E-state index in [9.17, 15) is 4.39 Å². The smallest absolute Gasteiger partial charge is 0.147 e. The van der Waals surface area contributed by atoms with Gasteiger partial charge in [-0.15, -0.1) is 0 Å². The van der Waals surface area contributed by atoms with Gasteiger partial charge >= 0.3 is 0 Å². The summed E-state index contributed by atoms with van der Waals surface area (Å²) in [5.41, 5.74) is 3.21. The fourth-order valence-electron chi connectivity index (χ4n) is 3.83. The summed E-state index contributed by atoms with van der Waals surface area (Å²) >= 11 is 18.4. The van der Waals surface area contributed by atoms with E-state index in [1.54, 1.807) is 30.3 Å². The molecule has 1 N–H and O–H groups in total. The maximum Gasteiger partial charge on any atom is 0.147 e. The van der Waals surface area contributed by atoms with E-state index in [0.717, 1.165) is 16.8 Å². The highest BCUT2D eigenvalue weighted by Crippen LogP contribution is 2.45. The molecule has 33 heavy (non-hydrogen) atoms. The third-order valence-corrected chi connectivity index (χ3v) is 6.05. The minimum Gasteiger partial charge on any atom is -0.481 e. The summed E-state index contributed by atoms with van der Waals surface area (Å²) in [7, 11) is 0. The van der Waals surface area contributed by atoms with Crippen molar-refractivity contribution in [1.82, 2.24) is 9.97 Å². The molecule has 3 nitrogen and oxygen atoms in total. The zero-order chi connectivity index (χ0) is 23.3. The van der Waals surface area contributed by atoms with Crippen LogP contribution in [0.25, 0.3) is 22.6 Å². The molecule has 4 aromatic rings. The van der Waals surface area contributed by atoms with E-state index in [0.29, 0.717) is 32.9 Å². The minimum atomic E-state index is -0.749. The molecule has 1 aliphatic heterocycles. The fourth-order valence-corrected chi connectivity index (χ4v) is 4.61. The Morgan fingerprint density at radius 2 is 1.67 bits per heavy atom. The molecule has 0 fully saturated rings. The number of fused-ring (bicyclic) bond motifs is 3. The van der Waals surface area contributed by atoms with Gasteiger partial charge in [-0.1, -0.05) is 52.7 Å². The van der Waals surface area contributed by atoms with Crippen LogP contribution in [-0.2, 0) is 5.60 Å². The van der Waals surface area contributed by atoms with Gasteiger partial charge in [0.1, 0.15) is 28.7 Å². The van der Waals surface area contributed by atoms with Crippen LogP contribution in [0.5, 0.6) is 5.75 Å². The maximum absolute atomic E-state index is 14.5. The van der Waals surface area contributed by atoms with Crippen molar-refractivity contribution in [2.45, 2.75) is 19.4 Å². The number of halogens is 4. The molecule has 0 radical (unpaired) electrons. The molecule has 1 aromatic heterocycles. The van der Waals surface area contributed by atoms with Crippen LogP contribution in [-0.4, -0.2) is 9.97 Å². The van der Waals surface area contributed by atoms with Crippen LogP contribution in [0.4, 0.5) is 4.39 Å². The van der Waals surface area contributed by atoms with E-state index in [1.807, 2.05) is 32.0 Å². The highest BCUT2D eigenvalue weighted by molar-refractivity contribution is 6.34. The second kappa shape index (κ2) is 8.11. The van der Waals surface area contributed by atoms with Crippen LogP contribution >= 0.6 is 34.8 Å². The zero-order valence-corrected chi connectivity index (χ0v) is 19.8. The molecule has 0 unspecified atom stereocenters. The van der Waals surface area contributed by atoms with Gasteiger partial charge in [-0.2, -0.15) is 0 Å². The van der Waals surface area contributed by atoms with Gasteiger partial charge in [0.05, 0.1) is 16.3 Å². The Labute approximate surface area is 205 Å². The summed E-state index contributed by atoms with van der Waals surface area (Å²) in [5, 5.41) is 1.34. The highest BCUT2D eigenvalue weighted by Gasteiger charge is 2.37. The molecular weight excluding hydrogens is 482 g/mol. The van der Waals surface area contributed by atoms with Gasteiger partial charge in [-0.3, -0.25) is 0 Å². The Kier molecular flexibility index (Phi) is 5.37. The molecule has 3 aromatic carbocycles. The number of H-pyrrole nitrogens is 1. The molecular formula is C26H16Cl3FN2O. The lowest BCUT2D eigenvalue weighted by atomic mass is 9.94. The molecule has 0 bridgehead atoms. The van der Waals surface area contributed by atoms with Crippen molar-refractivity contribution < 1.29 is 9.13 Å². The average Bonchev–Trinajstić information content (AvgIpc) is 3.17. The third kappa shape index (κ3) is 4.09. The van der Waals surface area contributed by atoms with Gasteiger partial charge in [0.25, 0.3) is 0 Å². The van der Waals surface area contributed by atoms with E-state index >= 15 is 0 Å². The molecule has 0 saturated heterocycles. The van der Waals surface area contributed by atoms with Crippen molar-refractivity contribution in [2.24, 2.45) is 0 Å². The highest BCUT2D eigenvalue weighted by atomic mass is 35.5. The SMILES string of the molecule is CC1(C)Oc2cc(C#Cc3cc(Cl)cc(Cl)c3)ccc2-c2[nH]c(-c3c(F)cccc3Cl)nc21.